The Bertz CT molecular complexity index is 513. The summed E-state index contributed by atoms with van der Waals surface area (Å²) < 4.78 is 5.52. The number of carbonyl (C=O) groups is 1. The summed E-state index contributed by atoms with van der Waals surface area (Å²) in [7, 11) is 0. The van der Waals surface area contributed by atoms with E-state index in [1.54, 1.807) is 4.90 Å². The zero-order chi connectivity index (χ0) is 17.7. The van der Waals surface area contributed by atoms with Crippen molar-refractivity contribution in [3.63, 3.8) is 0 Å². The van der Waals surface area contributed by atoms with E-state index >= 15 is 0 Å². The smallest absolute Gasteiger partial charge is 0.410 e. The monoisotopic (exact) mass is 320 g/mol. The molecule has 0 spiro atoms. The van der Waals surface area contributed by atoms with Crippen molar-refractivity contribution in [2.45, 2.75) is 66.0 Å². The number of amides is 1. The third-order valence-corrected chi connectivity index (χ3v) is 3.42. The van der Waals surface area contributed by atoms with E-state index in [1.807, 2.05) is 47.6 Å². The molecule has 0 atom stereocenters. The van der Waals surface area contributed by atoms with E-state index in [4.69, 9.17) is 4.74 Å². The molecule has 1 amide bonds. The molecule has 0 aliphatic carbocycles. The van der Waals surface area contributed by atoms with Crippen LogP contribution in [0.4, 0.5) is 10.5 Å². The Morgan fingerprint density at radius 3 is 2.35 bits per heavy atom. The number of nitrogens with one attached hydrogen (secondary N) is 1. The molecule has 0 heterocycles. The van der Waals surface area contributed by atoms with Crippen LogP contribution in [0.1, 0.15) is 54.0 Å². The lowest BCUT2D eigenvalue weighted by atomic mass is 10.1. The molecule has 0 fully saturated rings. The Morgan fingerprint density at radius 2 is 1.83 bits per heavy atom. The van der Waals surface area contributed by atoms with E-state index in [2.05, 4.69) is 30.4 Å². The first-order valence-electron chi connectivity index (χ1n) is 8.36. The third kappa shape index (κ3) is 6.93. The fraction of sp³-hybridized carbons (Fsp3) is 0.632. The topological polar surface area (TPSA) is 41.6 Å². The molecule has 4 nitrogen and oxygen atoms in total. The molecule has 1 aromatic carbocycles. The van der Waals surface area contributed by atoms with E-state index in [0.29, 0.717) is 13.1 Å². The maximum absolute atomic E-state index is 12.4. The lowest BCUT2D eigenvalue weighted by Gasteiger charge is -2.37. The number of ether oxygens (including phenoxy) is 1. The van der Waals surface area contributed by atoms with Crippen molar-refractivity contribution < 1.29 is 9.53 Å². The van der Waals surface area contributed by atoms with Crippen LogP contribution in [0.5, 0.6) is 0 Å². The Balaban J connectivity index is 2.66. The first-order chi connectivity index (χ1) is 10.5. The third-order valence-electron chi connectivity index (χ3n) is 3.42. The van der Waals surface area contributed by atoms with Crippen LogP contribution >= 0.6 is 0 Å². The molecule has 0 aliphatic rings. The molecule has 0 bridgehead atoms. The van der Waals surface area contributed by atoms with Crippen molar-refractivity contribution >= 4 is 11.8 Å². The normalized spacial score (nSPS) is 12.0. The average Bonchev–Trinajstić information content (AvgIpc) is 2.40. The van der Waals surface area contributed by atoms with Crippen molar-refractivity contribution in [1.82, 2.24) is 4.90 Å². The number of hydrogen-bond donors (Lipinski definition) is 1. The molecule has 23 heavy (non-hydrogen) atoms. The van der Waals surface area contributed by atoms with E-state index in [-0.39, 0.29) is 11.6 Å². The minimum absolute atomic E-state index is 0.269. The summed E-state index contributed by atoms with van der Waals surface area (Å²) in [4.78, 5) is 14.2. The van der Waals surface area contributed by atoms with Gasteiger partial charge in [-0.15, -0.1) is 0 Å². The van der Waals surface area contributed by atoms with Gasteiger partial charge in [0.1, 0.15) is 5.60 Å². The summed E-state index contributed by atoms with van der Waals surface area (Å²) in [6, 6.07) is 8.37. The van der Waals surface area contributed by atoms with Crippen LogP contribution in [0, 0.1) is 0 Å². The number of hydrogen-bond acceptors (Lipinski definition) is 3. The summed E-state index contributed by atoms with van der Waals surface area (Å²) >= 11 is 0. The van der Waals surface area contributed by atoms with Crippen LogP contribution in [0.3, 0.4) is 0 Å². The Labute approximate surface area is 141 Å². The number of nitrogens with zero attached hydrogens (tertiary/aromatic N) is 1. The number of aryl methyl sites for hydroxylation is 1. The predicted octanol–water partition coefficient (Wildman–Crippen LogP) is 4.70. The van der Waals surface area contributed by atoms with Gasteiger partial charge in [-0.1, -0.05) is 19.1 Å². The highest BCUT2D eigenvalue weighted by molar-refractivity contribution is 5.69. The van der Waals surface area contributed by atoms with Gasteiger partial charge in [0.25, 0.3) is 0 Å². The van der Waals surface area contributed by atoms with Crippen molar-refractivity contribution in [2.75, 3.05) is 18.4 Å². The fourth-order valence-electron chi connectivity index (χ4n) is 2.23. The summed E-state index contributed by atoms with van der Waals surface area (Å²) in [5.41, 5.74) is 1.62. The first kappa shape index (κ1) is 19.3. The van der Waals surface area contributed by atoms with Gasteiger partial charge in [0.05, 0.1) is 0 Å². The zero-order valence-corrected chi connectivity index (χ0v) is 15.7. The van der Waals surface area contributed by atoms with Gasteiger partial charge in [0.2, 0.25) is 0 Å². The molecule has 0 aliphatic heterocycles. The van der Waals surface area contributed by atoms with Gasteiger partial charge in [-0.3, -0.25) is 0 Å². The number of anilines is 1. The minimum Gasteiger partial charge on any atom is -0.444 e. The van der Waals surface area contributed by atoms with E-state index in [9.17, 15) is 4.79 Å². The molecule has 1 rings (SSSR count). The van der Waals surface area contributed by atoms with Crippen LogP contribution < -0.4 is 5.32 Å². The van der Waals surface area contributed by atoms with Crippen LogP contribution in [0.25, 0.3) is 0 Å². The standard InChI is InChI=1S/C19H32N2O2/c1-8-15-10-9-11-16(14-15)20-12-13-21(18(2,3)4)17(22)23-19(5,6)7/h9-11,14,20H,8,12-13H2,1-7H3. The Morgan fingerprint density at radius 1 is 1.17 bits per heavy atom. The van der Waals surface area contributed by atoms with Gasteiger partial charge in [-0.2, -0.15) is 0 Å². The maximum atomic E-state index is 12.4. The number of carbonyl (C=O) groups excluding carboxylic acids is 1. The van der Waals surface area contributed by atoms with Crippen LogP contribution in [0.15, 0.2) is 24.3 Å². The second kappa shape index (κ2) is 7.71. The van der Waals surface area contributed by atoms with Gasteiger partial charge in [-0.25, -0.2) is 4.79 Å². The van der Waals surface area contributed by atoms with Gasteiger partial charge < -0.3 is 15.0 Å². The van der Waals surface area contributed by atoms with E-state index < -0.39 is 5.60 Å². The van der Waals surface area contributed by atoms with Crippen molar-refractivity contribution in [1.29, 1.82) is 0 Å². The van der Waals surface area contributed by atoms with E-state index in [0.717, 1.165) is 12.1 Å². The van der Waals surface area contributed by atoms with Gasteiger partial charge in [0.15, 0.2) is 0 Å². The van der Waals surface area contributed by atoms with Gasteiger partial charge >= 0.3 is 6.09 Å². The molecule has 1 aromatic rings. The Kier molecular flexibility index (Phi) is 6.48. The maximum Gasteiger partial charge on any atom is 0.410 e. The number of benzene rings is 1. The summed E-state index contributed by atoms with van der Waals surface area (Å²) in [5.74, 6) is 0. The summed E-state index contributed by atoms with van der Waals surface area (Å²) in [6.45, 7) is 15.2. The predicted molar refractivity (Wildman–Crippen MR) is 97.0 cm³/mol. The highest BCUT2D eigenvalue weighted by atomic mass is 16.6. The highest BCUT2D eigenvalue weighted by Gasteiger charge is 2.30. The molecule has 4 heteroatoms. The lowest BCUT2D eigenvalue weighted by Crippen LogP contribution is -2.49. The highest BCUT2D eigenvalue weighted by Crippen LogP contribution is 2.18. The van der Waals surface area contributed by atoms with Gasteiger partial charge in [-0.05, 0) is 65.7 Å². The first-order valence-corrected chi connectivity index (χ1v) is 8.36. The largest absolute Gasteiger partial charge is 0.444 e. The average molecular weight is 320 g/mol. The second-order valence-corrected chi connectivity index (χ2v) is 7.78. The SMILES string of the molecule is CCc1cccc(NCCN(C(=O)OC(C)(C)C)C(C)(C)C)c1. The molecule has 0 saturated heterocycles. The molecule has 0 radical (unpaired) electrons. The van der Waals surface area contributed by atoms with Crippen molar-refractivity contribution in [2.24, 2.45) is 0 Å². The van der Waals surface area contributed by atoms with Crippen LogP contribution in [-0.4, -0.2) is 35.2 Å². The minimum atomic E-state index is -0.483. The molecular formula is C19H32N2O2. The molecule has 0 unspecified atom stereocenters. The van der Waals surface area contributed by atoms with E-state index in [1.165, 1.54) is 5.56 Å². The second-order valence-electron chi connectivity index (χ2n) is 7.78. The zero-order valence-electron chi connectivity index (χ0n) is 15.7. The molecule has 0 aromatic heterocycles. The Hall–Kier alpha value is -1.71. The molecule has 0 saturated carbocycles. The van der Waals surface area contributed by atoms with Crippen LogP contribution in [0.2, 0.25) is 0 Å². The lowest BCUT2D eigenvalue weighted by molar-refractivity contribution is 0.00749. The van der Waals surface area contributed by atoms with Crippen molar-refractivity contribution in [3.05, 3.63) is 29.8 Å². The van der Waals surface area contributed by atoms with Crippen LogP contribution in [-0.2, 0) is 11.2 Å². The fourth-order valence-corrected chi connectivity index (χ4v) is 2.23. The molecule has 130 valence electrons. The summed E-state index contributed by atoms with van der Waals surface area (Å²) in [5, 5.41) is 3.39. The van der Waals surface area contributed by atoms with Crippen molar-refractivity contribution in [3.8, 4) is 0 Å². The number of rotatable bonds is 5. The molecule has 1 N–H and O–H groups in total. The summed E-state index contributed by atoms with van der Waals surface area (Å²) in [6.07, 6.45) is 0.746. The molecular weight excluding hydrogens is 288 g/mol. The van der Waals surface area contributed by atoms with Gasteiger partial charge in [0, 0.05) is 24.3 Å². The quantitative estimate of drug-likeness (QED) is 0.855.